The molecule has 0 aromatic rings. The van der Waals surface area contributed by atoms with Gasteiger partial charge in [0, 0.05) is 0 Å². The molecular weight excluding hydrogens is 510 g/mol. The summed E-state index contributed by atoms with van der Waals surface area (Å²) in [4.78, 5) is 12.4. The van der Waals surface area contributed by atoms with Crippen molar-refractivity contribution in [2.45, 2.75) is 193 Å². The second kappa shape index (κ2) is 31.8. The molecule has 0 saturated heterocycles. The Labute approximate surface area is 254 Å². The molecule has 0 aliphatic heterocycles. The van der Waals surface area contributed by atoms with Crippen LogP contribution in [0.1, 0.15) is 174 Å². The zero-order valence-corrected chi connectivity index (χ0v) is 27.2. The van der Waals surface area contributed by atoms with E-state index in [-0.39, 0.29) is 6.61 Å². The van der Waals surface area contributed by atoms with Gasteiger partial charge < -0.3 is 20.6 Å². The standard InChI is InChI=1S/C36H69NO4/c1-3-5-7-9-11-13-15-17-18-19-21-23-25-27-29-31-35(40)36(41)37-33(32-38)34(39)30-28-26-24-22-20-16-14-12-10-8-6-4-2/h18-19,28,30,33-35,38-40H,3-17,20-27,29,31-32H2,1-2H3,(H,37,41)/b19-18-,30-28+. The fraction of sp³-hybridized carbons (Fsp3) is 0.861. The van der Waals surface area contributed by atoms with E-state index in [0.717, 1.165) is 44.9 Å². The second-order valence-electron chi connectivity index (χ2n) is 12.1. The Balaban J connectivity index is 3.79. The van der Waals surface area contributed by atoms with Crippen molar-refractivity contribution in [3.05, 3.63) is 24.3 Å². The van der Waals surface area contributed by atoms with Gasteiger partial charge in [0.1, 0.15) is 6.10 Å². The maximum absolute atomic E-state index is 12.4. The Bertz CT molecular complexity index is 606. The molecule has 0 rings (SSSR count). The molecule has 0 fully saturated rings. The third kappa shape index (κ3) is 27.4. The maximum Gasteiger partial charge on any atom is 0.249 e. The fourth-order valence-electron chi connectivity index (χ4n) is 5.18. The summed E-state index contributed by atoms with van der Waals surface area (Å²) in [6.45, 7) is 4.14. The van der Waals surface area contributed by atoms with Crippen LogP contribution in [-0.2, 0) is 4.79 Å². The number of hydrogen-bond acceptors (Lipinski definition) is 4. The van der Waals surface area contributed by atoms with Crippen LogP contribution in [-0.4, -0.2) is 46.1 Å². The first kappa shape index (κ1) is 39.8. The van der Waals surface area contributed by atoms with Gasteiger partial charge in [-0.05, 0) is 44.9 Å². The number of allylic oxidation sites excluding steroid dienone is 3. The van der Waals surface area contributed by atoms with Crippen molar-refractivity contribution in [1.82, 2.24) is 5.32 Å². The van der Waals surface area contributed by atoms with Crippen molar-refractivity contribution in [1.29, 1.82) is 0 Å². The zero-order valence-electron chi connectivity index (χ0n) is 27.2. The highest BCUT2D eigenvalue weighted by atomic mass is 16.3. The third-order valence-corrected chi connectivity index (χ3v) is 8.04. The number of hydrogen-bond donors (Lipinski definition) is 4. The van der Waals surface area contributed by atoms with Gasteiger partial charge in [0.25, 0.3) is 0 Å². The Morgan fingerprint density at radius 2 is 0.976 bits per heavy atom. The molecule has 242 valence electrons. The average molecular weight is 580 g/mol. The highest BCUT2D eigenvalue weighted by Gasteiger charge is 2.22. The highest BCUT2D eigenvalue weighted by Crippen LogP contribution is 2.13. The van der Waals surface area contributed by atoms with Gasteiger partial charge in [-0.2, -0.15) is 0 Å². The Morgan fingerprint density at radius 3 is 1.41 bits per heavy atom. The number of amides is 1. The Morgan fingerprint density at radius 1 is 0.585 bits per heavy atom. The summed E-state index contributed by atoms with van der Waals surface area (Å²) in [6.07, 6.45) is 36.1. The average Bonchev–Trinajstić information content (AvgIpc) is 2.98. The highest BCUT2D eigenvalue weighted by molar-refractivity contribution is 5.80. The predicted molar refractivity (Wildman–Crippen MR) is 176 cm³/mol. The van der Waals surface area contributed by atoms with E-state index in [9.17, 15) is 20.1 Å². The van der Waals surface area contributed by atoms with Crippen molar-refractivity contribution >= 4 is 5.91 Å². The lowest BCUT2D eigenvalue weighted by molar-refractivity contribution is -0.131. The van der Waals surface area contributed by atoms with Gasteiger partial charge in [-0.3, -0.25) is 4.79 Å². The topological polar surface area (TPSA) is 89.8 Å². The second-order valence-corrected chi connectivity index (χ2v) is 12.1. The summed E-state index contributed by atoms with van der Waals surface area (Å²) in [5.41, 5.74) is 0. The number of rotatable bonds is 31. The molecule has 0 aliphatic rings. The van der Waals surface area contributed by atoms with Crippen LogP contribution in [0.25, 0.3) is 0 Å². The zero-order chi connectivity index (χ0) is 30.2. The van der Waals surface area contributed by atoms with Crippen LogP contribution >= 0.6 is 0 Å². The quantitative estimate of drug-likeness (QED) is 0.0487. The predicted octanol–water partition coefficient (Wildman–Crippen LogP) is 9.09. The maximum atomic E-state index is 12.4. The van der Waals surface area contributed by atoms with Crippen LogP contribution in [0.15, 0.2) is 24.3 Å². The summed E-state index contributed by atoms with van der Waals surface area (Å²) in [6, 6.07) is -0.797. The number of carbonyl (C=O) groups is 1. The van der Waals surface area contributed by atoms with Crippen molar-refractivity contribution in [3.63, 3.8) is 0 Å². The fourth-order valence-corrected chi connectivity index (χ4v) is 5.18. The normalized spacial score (nSPS) is 14.2. The smallest absolute Gasteiger partial charge is 0.249 e. The van der Waals surface area contributed by atoms with Gasteiger partial charge in [-0.15, -0.1) is 0 Å². The molecule has 3 unspecified atom stereocenters. The Kier molecular flexibility index (Phi) is 30.9. The lowest BCUT2D eigenvalue weighted by atomic mass is 10.0. The van der Waals surface area contributed by atoms with Gasteiger partial charge in [0.2, 0.25) is 5.91 Å². The first-order valence-electron chi connectivity index (χ1n) is 17.7. The molecular formula is C36H69NO4. The molecule has 1 amide bonds. The van der Waals surface area contributed by atoms with Crippen molar-refractivity contribution in [2.75, 3.05) is 6.61 Å². The molecule has 0 aromatic carbocycles. The molecule has 0 heterocycles. The molecule has 0 aliphatic carbocycles. The van der Waals surface area contributed by atoms with Crippen LogP contribution in [0.3, 0.4) is 0 Å². The van der Waals surface area contributed by atoms with E-state index in [1.165, 1.54) is 109 Å². The molecule has 0 aromatic heterocycles. The van der Waals surface area contributed by atoms with Gasteiger partial charge >= 0.3 is 0 Å². The summed E-state index contributed by atoms with van der Waals surface area (Å²) in [5, 5.41) is 32.9. The van der Waals surface area contributed by atoms with Crippen LogP contribution < -0.4 is 5.32 Å². The lowest BCUT2D eigenvalue weighted by Crippen LogP contribution is -2.48. The minimum absolute atomic E-state index is 0.366. The molecule has 0 spiro atoms. The van der Waals surface area contributed by atoms with E-state index in [4.69, 9.17) is 0 Å². The minimum Gasteiger partial charge on any atom is -0.394 e. The van der Waals surface area contributed by atoms with Crippen LogP contribution in [0.2, 0.25) is 0 Å². The first-order valence-corrected chi connectivity index (χ1v) is 17.7. The molecule has 3 atom stereocenters. The van der Waals surface area contributed by atoms with Gasteiger partial charge in [-0.25, -0.2) is 0 Å². The first-order chi connectivity index (χ1) is 20.1. The largest absolute Gasteiger partial charge is 0.394 e. The van der Waals surface area contributed by atoms with Gasteiger partial charge in [0.15, 0.2) is 0 Å². The van der Waals surface area contributed by atoms with E-state index < -0.39 is 24.2 Å². The number of aliphatic hydroxyl groups excluding tert-OH is 3. The molecule has 4 N–H and O–H groups in total. The van der Waals surface area contributed by atoms with Crippen molar-refractivity contribution in [2.24, 2.45) is 0 Å². The van der Waals surface area contributed by atoms with E-state index >= 15 is 0 Å². The van der Waals surface area contributed by atoms with Crippen LogP contribution in [0.4, 0.5) is 0 Å². The molecule has 5 nitrogen and oxygen atoms in total. The van der Waals surface area contributed by atoms with Gasteiger partial charge in [0.05, 0.1) is 18.8 Å². The van der Waals surface area contributed by atoms with E-state index in [1.54, 1.807) is 6.08 Å². The number of nitrogens with one attached hydrogen (secondary N) is 1. The SMILES string of the molecule is CCCCCCCCC/C=C\CCCCCCC(O)C(=O)NC(CO)C(O)/C=C/CCCCCCCCCCCC. The number of carbonyl (C=O) groups excluding carboxylic acids is 1. The van der Waals surface area contributed by atoms with Crippen LogP contribution in [0.5, 0.6) is 0 Å². The third-order valence-electron chi connectivity index (χ3n) is 8.04. The summed E-state index contributed by atoms with van der Waals surface area (Å²) >= 11 is 0. The number of aliphatic hydroxyl groups is 3. The Hall–Kier alpha value is -1.17. The lowest BCUT2D eigenvalue weighted by Gasteiger charge is -2.21. The summed E-state index contributed by atoms with van der Waals surface area (Å²) in [5.74, 6) is -0.514. The monoisotopic (exact) mass is 580 g/mol. The van der Waals surface area contributed by atoms with Crippen molar-refractivity contribution < 1.29 is 20.1 Å². The summed E-state index contributed by atoms with van der Waals surface area (Å²) < 4.78 is 0. The van der Waals surface area contributed by atoms with E-state index in [0.29, 0.717) is 6.42 Å². The van der Waals surface area contributed by atoms with E-state index in [1.807, 2.05) is 6.08 Å². The van der Waals surface area contributed by atoms with Gasteiger partial charge in [-0.1, -0.05) is 154 Å². The van der Waals surface area contributed by atoms with Crippen LogP contribution in [0, 0.1) is 0 Å². The van der Waals surface area contributed by atoms with E-state index in [2.05, 4.69) is 31.3 Å². The molecule has 0 saturated carbocycles. The number of unbranched alkanes of at least 4 members (excludes halogenated alkanes) is 21. The van der Waals surface area contributed by atoms with Crippen molar-refractivity contribution in [3.8, 4) is 0 Å². The molecule has 0 bridgehead atoms. The molecule has 5 heteroatoms. The summed E-state index contributed by atoms with van der Waals surface area (Å²) in [7, 11) is 0. The molecule has 0 radical (unpaired) electrons. The minimum atomic E-state index is -1.10. The molecule has 41 heavy (non-hydrogen) atoms.